The second-order valence-corrected chi connectivity index (χ2v) is 5.63. The molecule has 1 aliphatic rings. The zero-order valence-corrected chi connectivity index (χ0v) is 13.4. The van der Waals surface area contributed by atoms with E-state index in [4.69, 9.17) is 9.47 Å². The lowest BCUT2D eigenvalue weighted by Gasteiger charge is -2.21. The third-order valence-corrected chi connectivity index (χ3v) is 3.80. The molecule has 0 aromatic heterocycles. The first-order chi connectivity index (χ1) is 11.4. The molecule has 2 N–H and O–H groups in total. The quantitative estimate of drug-likeness (QED) is 0.830. The number of nitrogens with one attached hydrogen (secondary N) is 2. The number of alkyl halides is 3. The molecule has 2 rings (SSSR count). The molecular weight excluding hydrogens is 325 g/mol. The average Bonchev–Trinajstić information content (AvgIpc) is 2.58. The number of piperidine rings is 1. The highest BCUT2D eigenvalue weighted by Gasteiger charge is 2.29. The summed E-state index contributed by atoms with van der Waals surface area (Å²) in [5, 5.41) is 6.05. The van der Waals surface area contributed by atoms with E-state index < -0.39 is 12.8 Å². The zero-order valence-electron chi connectivity index (χ0n) is 13.4. The minimum absolute atomic E-state index is 0.00235. The number of benzene rings is 1. The maximum absolute atomic E-state index is 12.2. The molecule has 0 bridgehead atoms. The van der Waals surface area contributed by atoms with E-state index in [0.29, 0.717) is 6.54 Å². The van der Waals surface area contributed by atoms with Gasteiger partial charge < -0.3 is 20.1 Å². The summed E-state index contributed by atoms with van der Waals surface area (Å²) in [5.74, 6) is 0.214. The molecule has 1 amide bonds. The summed E-state index contributed by atoms with van der Waals surface area (Å²) in [6.07, 6.45) is -2.80. The topological polar surface area (TPSA) is 59.6 Å². The molecule has 1 heterocycles. The molecule has 1 aliphatic heterocycles. The first kappa shape index (κ1) is 18.4. The van der Waals surface area contributed by atoms with Crippen molar-refractivity contribution < 1.29 is 27.4 Å². The van der Waals surface area contributed by atoms with E-state index in [0.717, 1.165) is 31.5 Å². The number of amides is 1. The highest BCUT2D eigenvalue weighted by Crippen LogP contribution is 2.29. The summed E-state index contributed by atoms with van der Waals surface area (Å²) in [4.78, 5) is 12.1. The number of rotatable bonds is 6. The van der Waals surface area contributed by atoms with E-state index in [2.05, 4.69) is 10.6 Å². The van der Waals surface area contributed by atoms with Crippen molar-refractivity contribution in [2.75, 3.05) is 26.8 Å². The van der Waals surface area contributed by atoms with Gasteiger partial charge in [-0.15, -0.1) is 0 Å². The van der Waals surface area contributed by atoms with E-state index in [1.807, 2.05) is 0 Å². The Hall–Kier alpha value is -1.96. The van der Waals surface area contributed by atoms with Crippen LogP contribution in [-0.2, 0) is 11.3 Å². The van der Waals surface area contributed by atoms with Crippen LogP contribution in [-0.4, -0.2) is 38.9 Å². The molecule has 1 saturated heterocycles. The van der Waals surface area contributed by atoms with E-state index in [1.165, 1.54) is 13.2 Å². The Balaban J connectivity index is 1.92. The Morgan fingerprint density at radius 3 is 2.62 bits per heavy atom. The van der Waals surface area contributed by atoms with E-state index in [9.17, 15) is 18.0 Å². The maximum Gasteiger partial charge on any atom is 0.422 e. The molecule has 5 nitrogen and oxygen atoms in total. The van der Waals surface area contributed by atoms with E-state index in [-0.39, 0.29) is 23.3 Å². The van der Waals surface area contributed by atoms with Crippen molar-refractivity contribution in [1.82, 2.24) is 10.6 Å². The fourth-order valence-electron chi connectivity index (χ4n) is 2.52. The van der Waals surface area contributed by atoms with Crippen LogP contribution >= 0.6 is 0 Å². The van der Waals surface area contributed by atoms with Crippen LogP contribution in [0.4, 0.5) is 13.2 Å². The lowest BCUT2D eigenvalue weighted by Crippen LogP contribution is -2.37. The van der Waals surface area contributed by atoms with Gasteiger partial charge in [0.25, 0.3) is 0 Å². The zero-order chi connectivity index (χ0) is 17.6. The Morgan fingerprint density at radius 1 is 1.29 bits per heavy atom. The largest absolute Gasteiger partial charge is 0.493 e. The third-order valence-electron chi connectivity index (χ3n) is 3.80. The van der Waals surface area contributed by atoms with Crippen molar-refractivity contribution in [2.24, 2.45) is 5.92 Å². The summed E-state index contributed by atoms with van der Waals surface area (Å²) in [6.45, 7) is 0.572. The molecule has 8 heteroatoms. The molecule has 0 unspecified atom stereocenters. The first-order valence-electron chi connectivity index (χ1n) is 7.74. The maximum atomic E-state index is 12.2. The molecule has 1 aromatic rings. The molecule has 24 heavy (non-hydrogen) atoms. The Bertz CT molecular complexity index is 558. The van der Waals surface area contributed by atoms with E-state index in [1.54, 1.807) is 12.1 Å². The number of hydrogen-bond donors (Lipinski definition) is 2. The SMILES string of the molecule is COc1cc(CNC(=O)C2CCNCC2)ccc1OCC(F)(F)F. The number of carbonyl (C=O) groups is 1. The van der Waals surface area contributed by atoms with Crippen LogP contribution in [0.5, 0.6) is 11.5 Å². The molecule has 1 aromatic carbocycles. The van der Waals surface area contributed by atoms with Gasteiger partial charge in [0.05, 0.1) is 7.11 Å². The van der Waals surface area contributed by atoms with Gasteiger partial charge in [-0.1, -0.05) is 6.07 Å². The smallest absolute Gasteiger partial charge is 0.422 e. The van der Waals surface area contributed by atoms with Crippen LogP contribution in [0.25, 0.3) is 0 Å². The van der Waals surface area contributed by atoms with Crippen molar-refractivity contribution in [3.63, 3.8) is 0 Å². The van der Waals surface area contributed by atoms with Crippen LogP contribution in [0.2, 0.25) is 0 Å². The van der Waals surface area contributed by atoms with Gasteiger partial charge in [-0.2, -0.15) is 13.2 Å². The molecule has 0 spiro atoms. The van der Waals surface area contributed by atoms with Gasteiger partial charge in [-0.05, 0) is 43.6 Å². The van der Waals surface area contributed by atoms with Crippen LogP contribution in [0, 0.1) is 5.92 Å². The van der Waals surface area contributed by atoms with Gasteiger partial charge in [-0.25, -0.2) is 0 Å². The summed E-state index contributed by atoms with van der Waals surface area (Å²) in [6, 6.07) is 4.59. The summed E-state index contributed by atoms with van der Waals surface area (Å²) >= 11 is 0. The number of hydrogen-bond acceptors (Lipinski definition) is 4. The molecular formula is C16H21F3N2O3. The van der Waals surface area contributed by atoms with E-state index >= 15 is 0 Å². The molecule has 0 atom stereocenters. The Labute approximate surface area is 138 Å². The number of ether oxygens (including phenoxy) is 2. The van der Waals surface area contributed by atoms with Crippen LogP contribution in [0.15, 0.2) is 18.2 Å². The van der Waals surface area contributed by atoms with Gasteiger partial charge in [-0.3, -0.25) is 4.79 Å². The Kier molecular flexibility index (Phi) is 6.30. The van der Waals surface area contributed by atoms with Crippen molar-refractivity contribution >= 4 is 5.91 Å². The minimum Gasteiger partial charge on any atom is -0.493 e. The van der Waals surface area contributed by atoms with Gasteiger partial charge in [0.2, 0.25) is 5.91 Å². The normalized spacial score (nSPS) is 15.8. The van der Waals surface area contributed by atoms with Gasteiger partial charge in [0.15, 0.2) is 18.1 Å². The van der Waals surface area contributed by atoms with Crippen molar-refractivity contribution in [2.45, 2.75) is 25.6 Å². The molecule has 0 saturated carbocycles. The Morgan fingerprint density at radius 2 is 2.00 bits per heavy atom. The predicted molar refractivity (Wildman–Crippen MR) is 82.0 cm³/mol. The first-order valence-corrected chi connectivity index (χ1v) is 7.74. The third kappa shape index (κ3) is 5.59. The average molecular weight is 346 g/mol. The predicted octanol–water partition coefficient (Wildman–Crippen LogP) is 2.25. The lowest BCUT2D eigenvalue weighted by molar-refractivity contribution is -0.153. The number of methoxy groups -OCH3 is 1. The van der Waals surface area contributed by atoms with Gasteiger partial charge in [0.1, 0.15) is 0 Å². The van der Waals surface area contributed by atoms with Crippen molar-refractivity contribution in [1.29, 1.82) is 0 Å². The lowest BCUT2D eigenvalue weighted by atomic mass is 9.97. The second kappa shape index (κ2) is 8.23. The van der Waals surface area contributed by atoms with Crippen LogP contribution in [0.3, 0.4) is 0 Å². The standard InChI is InChI=1S/C16H21F3N2O3/c1-23-14-8-11(2-3-13(14)24-10-16(17,18)19)9-21-15(22)12-4-6-20-7-5-12/h2-3,8,12,20H,4-7,9-10H2,1H3,(H,21,22). The van der Waals surface area contributed by atoms with Crippen molar-refractivity contribution in [3.8, 4) is 11.5 Å². The monoisotopic (exact) mass is 346 g/mol. The highest BCUT2D eigenvalue weighted by atomic mass is 19.4. The van der Waals surface area contributed by atoms with Crippen molar-refractivity contribution in [3.05, 3.63) is 23.8 Å². The fourth-order valence-corrected chi connectivity index (χ4v) is 2.52. The van der Waals surface area contributed by atoms with Crippen LogP contribution in [0.1, 0.15) is 18.4 Å². The van der Waals surface area contributed by atoms with Gasteiger partial charge >= 0.3 is 6.18 Å². The van der Waals surface area contributed by atoms with Gasteiger partial charge in [0, 0.05) is 12.5 Å². The number of carbonyl (C=O) groups excluding carboxylic acids is 1. The fraction of sp³-hybridized carbons (Fsp3) is 0.562. The molecule has 134 valence electrons. The van der Waals surface area contributed by atoms with Crippen LogP contribution < -0.4 is 20.1 Å². The number of halogens is 3. The highest BCUT2D eigenvalue weighted by molar-refractivity contribution is 5.78. The second-order valence-electron chi connectivity index (χ2n) is 5.63. The minimum atomic E-state index is -4.41. The molecule has 1 fully saturated rings. The molecule has 0 radical (unpaired) electrons. The molecule has 0 aliphatic carbocycles. The summed E-state index contributed by atoms with van der Waals surface area (Å²) in [5.41, 5.74) is 0.730. The summed E-state index contributed by atoms with van der Waals surface area (Å²) < 4.78 is 46.5. The summed E-state index contributed by atoms with van der Waals surface area (Å²) in [7, 11) is 1.35.